The molecule has 3 heterocycles. The number of benzene rings is 1. The van der Waals surface area contributed by atoms with E-state index in [1.807, 2.05) is 36.4 Å². The number of ether oxygens (including phenoxy) is 1. The Hall–Kier alpha value is -1.79. The lowest BCUT2D eigenvalue weighted by atomic mass is 9.88. The highest BCUT2D eigenvalue weighted by atomic mass is 35.5. The molecule has 0 spiro atoms. The maximum atomic E-state index is 11.1. The van der Waals surface area contributed by atoms with E-state index in [0.717, 1.165) is 27.5 Å². The first kappa shape index (κ1) is 18.6. The van der Waals surface area contributed by atoms with Crippen molar-refractivity contribution in [3.63, 3.8) is 0 Å². The predicted molar refractivity (Wildman–Crippen MR) is 113 cm³/mol. The van der Waals surface area contributed by atoms with Gasteiger partial charge in [0.25, 0.3) is 0 Å². The molecule has 2 unspecified atom stereocenters. The molecule has 2 atom stereocenters. The molecule has 0 amide bonds. The normalized spacial score (nSPS) is 17.9. The number of thiophene rings is 1. The van der Waals surface area contributed by atoms with Crippen molar-refractivity contribution >= 4 is 34.7 Å². The van der Waals surface area contributed by atoms with Gasteiger partial charge in [0.1, 0.15) is 18.5 Å². The van der Waals surface area contributed by atoms with Gasteiger partial charge < -0.3 is 9.84 Å². The summed E-state index contributed by atoms with van der Waals surface area (Å²) in [4.78, 5) is 5.24. The summed E-state index contributed by atoms with van der Waals surface area (Å²) in [6, 6.07) is 13.2. The minimum absolute atomic E-state index is 0.181. The van der Waals surface area contributed by atoms with E-state index < -0.39 is 6.10 Å². The Kier molecular flexibility index (Phi) is 5.83. The molecule has 1 aliphatic rings. The van der Waals surface area contributed by atoms with Gasteiger partial charge in [-0.15, -0.1) is 11.8 Å². The van der Waals surface area contributed by atoms with Crippen LogP contribution in [-0.2, 0) is 0 Å². The van der Waals surface area contributed by atoms with Crippen LogP contribution in [-0.4, -0.2) is 22.5 Å². The van der Waals surface area contributed by atoms with E-state index >= 15 is 0 Å². The summed E-state index contributed by atoms with van der Waals surface area (Å²) in [6.07, 6.45) is 2.75. The Labute approximate surface area is 171 Å². The molecular formula is C21H18ClNO2S2. The Morgan fingerprint density at radius 2 is 2.07 bits per heavy atom. The van der Waals surface area contributed by atoms with Gasteiger partial charge >= 0.3 is 0 Å². The average molecular weight is 416 g/mol. The molecule has 27 heavy (non-hydrogen) atoms. The zero-order chi connectivity index (χ0) is 18.6. The van der Waals surface area contributed by atoms with Gasteiger partial charge in [-0.2, -0.15) is 11.3 Å². The van der Waals surface area contributed by atoms with E-state index in [1.54, 1.807) is 35.5 Å². The number of hydrogen-bond acceptors (Lipinski definition) is 5. The number of pyridine rings is 1. The molecular weight excluding hydrogens is 398 g/mol. The molecule has 0 aliphatic carbocycles. The summed E-state index contributed by atoms with van der Waals surface area (Å²) >= 11 is 9.37. The third-order valence-corrected chi connectivity index (χ3v) is 6.70. The minimum atomic E-state index is -0.692. The van der Waals surface area contributed by atoms with Crippen LogP contribution in [0.25, 0.3) is 0 Å². The number of aliphatic hydroxyl groups excluding tert-OH is 1. The zero-order valence-electron chi connectivity index (χ0n) is 14.4. The van der Waals surface area contributed by atoms with Crippen molar-refractivity contribution in [2.75, 3.05) is 12.4 Å². The van der Waals surface area contributed by atoms with Crippen LogP contribution in [0, 0.1) is 0 Å². The predicted octanol–water partition coefficient (Wildman–Crippen LogP) is 5.69. The molecule has 0 fully saturated rings. The van der Waals surface area contributed by atoms with E-state index in [-0.39, 0.29) is 5.92 Å². The molecule has 1 aromatic carbocycles. The largest absolute Gasteiger partial charge is 0.488 e. The van der Waals surface area contributed by atoms with Crippen LogP contribution in [0.2, 0.25) is 5.02 Å². The molecule has 3 nitrogen and oxygen atoms in total. The Balaban J connectivity index is 1.63. The van der Waals surface area contributed by atoms with Crippen LogP contribution in [0.5, 0.6) is 5.75 Å². The molecule has 6 heteroatoms. The SMILES string of the molecule is OC(C1=C(COc2ccc(Cl)cc2)SCC1c1ccsc1)c1cccnc1. The quantitative estimate of drug-likeness (QED) is 0.561. The second kappa shape index (κ2) is 8.48. The summed E-state index contributed by atoms with van der Waals surface area (Å²) in [7, 11) is 0. The molecule has 0 saturated heterocycles. The standard InChI is InChI=1S/C21H18ClNO2S2/c22-16-3-5-17(6-4-16)25-11-19-20(21(24)14-2-1-8-23-10-14)18(13-27-19)15-7-9-26-12-15/h1-10,12,18,21,24H,11,13H2. The molecule has 3 aromatic rings. The lowest BCUT2D eigenvalue weighted by Crippen LogP contribution is -2.11. The fourth-order valence-corrected chi connectivity index (χ4v) is 5.31. The molecule has 0 saturated carbocycles. The monoisotopic (exact) mass is 415 g/mol. The molecule has 138 valence electrons. The number of thioether (sulfide) groups is 1. The third-order valence-electron chi connectivity index (χ3n) is 4.55. The lowest BCUT2D eigenvalue weighted by molar-refractivity contribution is 0.207. The highest BCUT2D eigenvalue weighted by molar-refractivity contribution is 8.03. The first-order chi connectivity index (χ1) is 13.2. The highest BCUT2D eigenvalue weighted by Crippen LogP contribution is 2.47. The first-order valence-corrected chi connectivity index (χ1v) is 10.9. The summed E-state index contributed by atoms with van der Waals surface area (Å²) in [5, 5.41) is 16.0. The summed E-state index contributed by atoms with van der Waals surface area (Å²) in [6.45, 7) is 0.430. The lowest BCUT2D eigenvalue weighted by Gasteiger charge is -2.20. The van der Waals surface area contributed by atoms with Gasteiger partial charge in [-0.3, -0.25) is 4.98 Å². The van der Waals surface area contributed by atoms with Gasteiger partial charge in [-0.1, -0.05) is 17.7 Å². The van der Waals surface area contributed by atoms with Gasteiger partial charge in [0.2, 0.25) is 0 Å². The molecule has 1 aliphatic heterocycles. The topological polar surface area (TPSA) is 42.4 Å². The zero-order valence-corrected chi connectivity index (χ0v) is 16.8. The Morgan fingerprint density at radius 1 is 1.22 bits per heavy atom. The summed E-state index contributed by atoms with van der Waals surface area (Å²) in [5.41, 5.74) is 3.06. The smallest absolute Gasteiger partial charge is 0.119 e. The van der Waals surface area contributed by atoms with Crippen LogP contribution in [0.15, 0.2) is 76.1 Å². The molecule has 2 aromatic heterocycles. The maximum absolute atomic E-state index is 11.1. The van der Waals surface area contributed by atoms with Gasteiger partial charge in [0.05, 0.1) is 0 Å². The van der Waals surface area contributed by atoms with Gasteiger partial charge in [0, 0.05) is 39.6 Å². The second-order valence-corrected chi connectivity index (χ2v) is 8.56. The maximum Gasteiger partial charge on any atom is 0.119 e. The fourth-order valence-electron chi connectivity index (χ4n) is 3.17. The number of rotatable bonds is 6. The molecule has 4 rings (SSSR count). The van der Waals surface area contributed by atoms with E-state index in [2.05, 4.69) is 21.8 Å². The van der Waals surface area contributed by atoms with E-state index in [4.69, 9.17) is 16.3 Å². The highest BCUT2D eigenvalue weighted by Gasteiger charge is 2.33. The van der Waals surface area contributed by atoms with E-state index in [9.17, 15) is 5.11 Å². The third kappa shape index (κ3) is 4.22. The van der Waals surface area contributed by atoms with Crippen molar-refractivity contribution in [1.82, 2.24) is 4.98 Å². The number of halogens is 1. The second-order valence-electron chi connectivity index (χ2n) is 6.23. The average Bonchev–Trinajstić information content (AvgIpc) is 3.37. The number of aromatic nitrogens is 1. The van der Waals surface area contributed by atoms with Crippen LogP contribution < -0.4 is 4.74 Å². The summed E-state index contributed by atoms with van der Waals surface area (Å²) in [5.74, 6) is 1.85. The van der Waals surface area contributed by atoms with Crippen molar-refractivity contribution < 1.29 is 9.84 Å². The molecule has 0 bridgehead atoms. The number of aliphatic hydroxyl groups is 1. The van der Waals surface area contributed by atoms with Gasteiger partial charge in [-0.05, 0) is 58.3 Å². The van der Waals surface area contributed by atoms with Gasteiger partial charge in [-0.25, -0.2) is 0 Å². The van der Waals surface area contributed by atoms with Crippen molar-refractivity contribution in [3.05, 3.63) is 92.2 Å². The Bertz CT molecular complexity index is 911. The van der Waals surface area contributed by atoms with E-state index in [1.165, 1.54) is 5.56 Å². The minimum Gasteiger partial charge on any atom is -0.488 e. The van der Waals surface area contributed by atoms with Crippen molar-refractivity contribution in [1.29, 1.82) is 0 Å². The summed E-state index contributed by atoms with van der Waals surface area (Å²) < 4.78 is 5.97. The van der Waals surface area contributed by atoms with Crippen LogP contribution >= 0.6 is 34.7 Å². The Morgan fingerprint density at radius 3 is 2.78 bits per heavy atom. The van der Waals surface area contributed by atoms with Crippen LogP contribution in [0.3, 0.4) is 0 Å². The van der Waals surface area contributed by atoms with Crippen molar-refractivity contribution in [2.45, 2.75) is 12.0 Å². The van der Waals surface area contributed by atoms with Gasteiger partial charge in [0.15, 0.2) is 0 Å². The molecule has 0 radical (unpaired) electrons. The van der Waals surface area contributed by atoms with E-state index in [0.29, 0.717) is 11.6 Å². The van der Waals surface area contributed by atoms with Crippen LogP contribution in [0.4, 0.5) is 0 Å². The van der Waals surface area contributed by atoms with Crippen LogP contribution in [0.1, 0.15) is 23.1 Å². The first-order valence-electron chi connectivity index (χ1n) is 8.56. The number of nitrogens with zero attached hydrogens (tertiary/aromatic N) is 1. The fraction of sp³-hybridized carbons (Fsp3) is 0.190. The van der Waals surface area contributed by atoms with Crippen molar-refractivity contribution in [3.8, 4) is 5.75 Å². The molecule has 1 N–H and O–H groups in total. The number of hydrogen-bond donors (Lipinski definition) is 1. The van der Waals surface area contributed by atoms with Crippen molar-refractivity contribution in [2.24, 2.45) is 0 Å².